The first-order valence-electron chi connectivity index (χ1n) is 5.89. The molecule has 1 atom stereocenters. The van der Waals surface area contributed by atoms with Crippen LogP contribution in [-0.2, 0) is 14.6 Å². The molecule has 0 saturated carbocycles. The van der Waals surface area contributed by atoms with E-state index < -0.39 is 33.4 Å². The van der Waals surface area contributed by atoms with Crippen LogP contribution in [0.1, 0.15) is 33.6 Å². The van der Waals surface area contributed by atoms with Crippen LogP contribution < -0.4 is 10.6 Å². The quantitative estimate of drug-likeness (QED) is 0.627. The van der Waals surface area contributed by atoms with E-state index in [2.05, 4.69) is 10.6 Å². The van der Waals surface area contributed by atoms with Crippen LogP contribution in [0.25, 0.3) is 0 Å². The van der Waals surface area contributed by atoms with Gasteiger partial charge in [-0.25, -0.2) is 13.2 Å². The lowest BCUT2D eigenvalue weighted by molar-refractivity contribution is -0.137. The van der Waals surface area contributed by atoms with Crippen LogP contribution in [0.4, 0.5) is 4.79 Å². The molecular formula is C11H22N2O5S. The summed E-state index contributed by atoms with van der Waals surface area (Å²) < 4.78 is 22.1. The first-order valence-corrected chi connectivity index (χ1v) is 7.95. The van der Waals surface area contributed by atoms with E-state index in [1.54, 1.807) is 20.8 Å². The summed E-state index contributed by atoms with van der Waals surface area (Å²) in [6, 6.07) is -1.02. The molecular weight excluding hydrogens is 272 g/mol. The number of rotatable bonds is 7. The highest BCUT2D eigenvalue weighted by Gasteiger charge is 2.22. The predicted octanol–water partition coefficient (Wildman–Crippen LogP) is 0.362. The van der Waals surface area contributed by atoms with Gasteiger partial charge in [0.15, 0.2) is 0 Å². The van der Waals surface area contributed by atoms with Gasteiger partial charge in [0.25, 0.3) is 0 Å². The number of nitrogens with one attached hydrogen (secondary N) is 2. The van der Waals surface area contributed by atoms with Gasteiger partial charge in [-0.3, -0.25) is 4.79 Å². The van der Waals surface area contributed by atoms with Gasteiger partial charge in [-0.05, 0) is 27.2 Å². The summed E-state index contributed by atoms with van der Waals surface area (Å²) in [5, 5.41) is 13.7. The summed E-state index contributed by atoms with van der Waals surface area (Å²) in [6.07, 6.45) is 1.34. The molecule has 0 aromatic rings. The van der Waals surface area contributed by atoms with E-state index in [1.165, 1.54) is 0 Å². The highest BCUT2D eigenvalue weighted by atomic mass is 32.2. The molecule has 0 aliphatic rings. The third-order valence-electron chi connectivity index (χ3n) is 2.35. The number of amides is 2. The average Bonchev–Trinajstić information content (AvgIpc) is 2.09. The van der Waals surface area contributed by atoms with Crippen molar-refractivity contribution in [3.05, 3.63) is 0 Å². The Balaban J connectivity index is 4.26. The first-order chi connectivity index (χ1) is 8.41. The van der Waals surface area contributed by atoms with E-state index in [4.69, 9.17) is 5.11 Å². The second-order valence-electron chi connectivity index (χ2n) is 5.37. The van der Waals surface area contributed by atoms with Crippen LogP contribution in [-0.4, -0.2) is 49.1 Å². The number of carboxylic acids is 1. The summed E-state index contributed by atoms with van der Waals surface area (Å²) >= 11 is 0. The lowest BCUT2D eigenvalue weighted by Gasteiger charge is -2.26. The zero-order valence-corrected chi connectivity index (χ0v) is 12.5. The molecule has 0 saturated heterocycles. The van der Waals surface area contributed by atoms with Crippen LogP contribution >= 0.6 is 0 Å². The van der Waals surface area contributed by atoms with Gasteiger partial charge in [-0.2, -0.15) is 0 Å². The van der Waals surface area contributed by atoms with Gasteiger partial charge in [0, 0.05) is 24.3 Å². The highest BCUT2D eigenvalue weighted by molar-refractivity contribution is 7.90. The largest absolute Gasteiger partial charge is 0.481 e. The predicted molar refractivity (Wildman–Crippen MR) is 71.8 cm³/mol. The molecule has 2 amide bonds. The fourth-order valence-electron chi connectivity index (χ4n) is 1.54. The van der Waals surface area contributed by atoms with Crippen molar-refractivity contribution in [1.29, 1.82) is 0 Å². The van der Waals surface area contributed by atoms with Crippen LogP contribution in [0.3, 0.4) is 0 Å². The fraction of sp³-hybridized carbons (Fsp3) is 0.818. The van der Waals surface area contributed by atoms with E-state index in [9.17, 15) is 18.0 Å². The lowest BCUT2D eigenvalue weighted by atomic mass is 9.99. The molecule has 0 fully saturated rings. The van der Waals surface area contributed by atoms with Crippen molar-refractivity contribution in [3.8, 4) is 0 Å². The third kappa shape index (κ3) is 10.3. The minimum atomic E-state index is -3.15. The SMILES string of the molecule is CC(CS(C)(=O)=O)NC(=O)NC(C)(C)CCC(=O)O. The van der Waals surface area contributed by atoms with Crippen molar-refractivity contribution in [1.82, 2.24) is 10.6 Å². The number of hydrogen-bond donors (Lipinski definition) is 3. The fourth-order valence-corrected chi connectivity index (χ4v) is 2.54. The number of carbonyl (C=O) groups is 2. The number of carbonyl (C=O) groups excluding carboxylic acids is 1. The highest BCUT2D eigenvalue weighted by Crippen LogP contribution is 2.10. The molecule has 0 bridgehead atoms. The first kappa shape index (κ1) is 17.7. The molecule has 112 valence electrons. The zero-order valence-electron chi connectivity index (χ0n) is 11.7. The van der Waals surface area contributed by atoms with Gasteiger partial charge in [0.1, 0.15) is 9.84 Å². The molecule has 19 heavy (non-hydrogen) atoms. The molecule has 0 aromatic heterocycles. The minimum absolute atomic E-state index is 0.0494. The molecule has 0 rings (SSSR count). The summed E-state index contributed by atoms with van der Waals surface area (Å²) in [5.41, 5.74) is -0.673. The normalized spacial score (nSPS) is 13.7. The van der Waals surface area contributed by atoms with Crippen LogP contribution in [0.2, 0.25) is 0 Å². The molecule has 3 N–H and O–H groups in total. The number of hydrogen-bond acceptors (Lipinski definition) is 4. The average molecular weight is 294 g/mol. The standard InChI is InChI=1S/C11H22N2O5S/c1-8(7-19(4,17)18)12-10(16)13-11(2,3)6-5-9(14)15/h8H,5-7H2,1-4H3,(H,14,15)(H2,12,13,16). The summed E-state index contributed by atoms with van der Waals surface area (Å²) in [5.74, 6) is -1.07. The monoisotopic (exact) mass is 294 g/mol. The molecule has 8 heteroatoms. The second kappa shape index (κ2) is 6.74. The van der Waals surface area contributed by atoms with Gasteiger partial charge < -0.3 is 15.7 Å². The molecule has 0 aliphatic heterocycles. The van der Waals surface area contributed by atoms with Gasteiger partial charge in [-0.15, -0.1) is 0 Å². The van der Waals surface area contributed by atoms with E-state index >= 15 is 0 Å². The summed E-state index contributed by atoms with van der Waals surface area (Å²) in [7, 11) is -3.15. The van der Waals surface area contributed by atoms with Crippen molar-refractivity contribution in [2.75, 3.05) is 12.0 Å². The van der Waals surface area contributed by atoms with Gasteiger partial charge >= 0.3 is 12.0 Å². The maximum Gasteiger partial charge on any atom is 0.315 e. The van der Waals surface area contributed by atoms with Crippen molar-refractivity contribution >= 4 is 21.8 Å². The Morgan fingerprint density at radius 3 is 2.26 bits per heavy atom. The lowest BCUT2D eigenvalue weighted by Crippen LogP contribution is -2.51. The Hall–Kier alpha value is -1.31. The van der Waals surface area contributed by atoms with Crippen LogP contribution in [0.15, 0.2) is 0 Å². The molecule has 1 unspecified atom stereocenters. The second-order valence-corrected chi connectivity index (χ2v) is 7.55. The smallest absolute Gasteiger partial charge is 0.315 e. The number of carboxylic acid groups (broad SMARTS) is 1. The van der Waals surface area contributed by atoms with Crippen LogP contribution in [0, 0.1) is 0 Å². The minimum Gasteiger partial charge on any atom is -0.481 e. The summed E-state index contributed by atoms with van der Waals surface area (Å²) in [4.78, 5) is 22.1. The Kier molecular flexibility index (Phi) is 6.28. The zero-order chi connectivity index (χ0) is 15.3. The van der Waals surface area contributed by atoms with E-state index in [0.29, 0.717) is 0 Å². The van der Waals surface area contributed by atoms with Crippen LogP contribution in [0.5, 0.6) is 0 Å². The molecule has 0 heterocycles. The Morgan fingerprint density at radius 2 is 1.84 bits per heavy atom. The molecule has 0 radical (unpaired) electrons. The van der Waals surface area contributed by atoms with E-state index in [-0.39, 0.29) is 18.6 Å². The van der Waals surface area contributed by atoms with Gasteiger partial charge in [0.2, 0.25) is 0 Å². The van der Waals surface area contributed by atoms with Crippen molar-refractivity contribution in [3.63, 3.8) is 0 Å². The van der Waals surface area contributed by atoms with Gasteiger partial charge in [-0.1, -0.05) is 0 Å². The number of sulfone groups is 1. The Bertz CT molecular complexity index is 430. The molecule has 0 aromatic carbocycles. The van der Waals surface area contributed by atoms with E-state index in [1.807, 2.05) is 0 Å². The topological polar surface area (TPSA) is 113 Å². The number of urea groups is 1. The van der Waals surface area contributed by atoms with Crippen molar-refractivity contribution in [2.24, 2.45) is 0 Å². The molecule has 0 spiro atoms. The summed E-state index contributed by atoms with van der Waals surface area (Å²) in [6.45, 7) is 5.00. The maximum atomic E-state index is 11.6. The number of aliphatic carboxylic acids is 1. The Morgan fingerprint density at radius 1 is 1.32 bits per heavy atom. The van der Waals surface area contributed by atoms with Gasteiger partial charge in [0.05, 0.1) is 5.75 Å². The van der Waals surface area contributed by atoms with E-state index in [0.717, 1.165) is 6.26 Å². The molecule has 0 aliphatic carbocycles. The third-order valence-corrected chi connectivity index (χ3v) is 3.45. The van der Waals surface area contributed by atoms with Crippen molar-refractivity contribution < 1.29 is 23.1 Å². The van der Waals surface area contributed by atoms with Crippen molar-refractivity contribution in [2.45, 2.75) is 45.2 Å². The molecule has 7 nitrogen and oxygen atoms in total. The Labute approximate surface area is 113 Å². The maximum absolute atomic E-state index is 11.6.